The third kappa shape index (κ3) is 5.47. The van der Waals surface area contributed by atoms with Crippen LogP contribution in [-0.4, -0.2) is 63.1 Å². The molecule has 1 atom stereocenters. The van der Waals surface area contributed by atoms with E-state index in [1.54, 1.807) is 35.2 Å². The molecule has 2 aliphatic heterocycles. The first-order valence-corrected chi connectivity index (χ1v) is 12.8. The number of allylic oxidation sites excluding steroid dienone is 1. The van der Waals surface area contributed by atoms with E-state index in [1.807, 2.05) is 6.07 Å². The number of hydrogen-bond donors (Lipinski definition) is 1. The Morgan fingerprint density at radius 1 is 0.976 bits per heavy atom. The van der Waals surface area contributed by atoms with Crippen LogP contribution < -0.4 is 15.5 Å². The lowest BCUT2D eigenvalue weighted by molar-refractivity contribution is -0.139. The fourth-order valence-electron chi connectivity index (χ4n) is 5.21. The maximum Gasteiger partial charge on any atom is 0.418 e. The Labute approximate surface area is 240 Å². The second-order valence-corrected chi connectivity index (χ2v) is 9.53. The number of amides is 1. The molecule has 2 heterocycles. The molecule has 10 nitrogen and oxygen atoms in total. The van der Waals surface area contributed by atoms with Gasteiger partial charge in [0.2, 0.25) is 5.91 Å². The summed E-state index contributed by atoms with van der Waals surface area (Å²) in [6.07, 6.45) is -4.83. The zero-order chi connectivity index (χ0) is 30.8. The van der Waals surface area contributed by atoms with Gasteiger partial charge in [-0.05, 0) is 23.8 Å². The lowest BCUT2D eigenvalue weighted by Gasteiger charge is -2.38. The number of carbonyl (C=O) groups excluding carboxylic acids is 3. The number of ether oxygens (including phenoxy) is 2. The number of piperazine rings is 1. The zero-order valence-corrected chi connectivity index (χ0v) is 23.1. The van der Waals surface area contributed by atoms with Gasteiger partial charge in [-0.15, -0.1) is 0 Å². The fraction of sp³-hybridized carbons (Fsp3) is 0.310. The Hall–Kier alpha value is -4.99. The van der Waals surface area contributed by atoms with Crippen molar-refractivity contribution in [3.63, 3.8) is 0 Å². The van der Waals surface area contributed by atoms with Crippen LogP contribution in [0, 0.1) is 11.3 Å². The average Bonchev–Trinajstić information content (AvgIpc) is 2.99. The van der Waals surface area contributed by atoms with Gasteiger partial charge in [-0.3, -0.25) is 9.69 Å². The molecule has 0 radical (unpaired) electrons. The minimum Gasteiger partial charge on any atom is -0.466 e. The van der Waals surface area contributed by atoms with Gasteiger partial charge in [-0.1, -0.05) is 30.3 Å². The topological polar surface area (TPSA) is 129 Å². The standard InChI is InChI=1S/C29H28F3N5O5/c1-17(38)35-11-13-36(14-12-35)22-10-9-19(15-21(22)29(30,31)32)37-25(28(40)42-3)24(27(39)41-2)23(20(16-33)26(37)34)18-7-5-4-6-8-18/h4-10,15,23H,11-14,34H2,1-3H3. The Bertz CT molecular complexity index is 1510. The summed E-state index contributed by atoms with van der Waals surface area (Å²) >= 11 is 0. The van der Waals surface area contributed by atoms with Crippen molar-refractivity contribution in [1.82, 2.24) is 4.90 Å². The average molecular weight is 584 g/mol. The van der Waals surface area contributed by atoms with E-state index in [0.717, 1.165) is 25.2 Å². The number of nitrogens with two attached hydrogens (primary N) is 1. The van der Waals surface area contributed by atoms with E-state index < -0.39 is 35.3 Å². The van der Waals surface area contributed by atoms with Crippen LogP contribution in [0.4, 0.5) is 24.5 Å². The predicted octanol–water partition coefficient (Wildman–Crippen LogP) is 3.27. The van der Waals surface area contributed by atoms with E-state index in [0.29, 0.717) is 5.56 Å². The van der Waals surface area contributed by atoms with E-state index in [-0.39, 0.29) is 60.4 Å². The molecule has 1 unspecified atom stereocenters. The molecule has 2 aliphatic rings. The number of hydrogen-bond acceptors (Lipinski definition) is 9. The zero-order valence-electron chi connectivity index (χ0n) is 23.1. The molecular formula is C29H28F3N5O5. The number of anilines is 2. The molecule has 2 aromatic rings. The third-order valence-electron chi connectivity index (χ3n) is 7.22. The molecule has 42 heavy (non-hydrogen) atoms. The lowest BCUT2D eigenvalue weighted by Crippen LogP contribution is -2.48. The highest BCUT2D eigenvalue weighted by atomic mass is 19.4. The number of rotatable bonds is 5. The van der Waals surface area contributed by atoms with Crippen molar-refractivity contribution < 1.29 is 37.0 Å². The maximum atomic E-state index is 14.5. The molecule has 1 amide bonds. The maximum absolute atomic E-state index is 14.5. The highest BCUT2D eigenvalue weighted by Crippen LogP contribution is 2.45. The van der Waals surface area contributed by atoms with E-state index in [1.165, 1.54) is 24.0 Å². The van der Waals surface area contributed by atoms with Crippen molar-refractivity contribution >= 4 is 29.2 Å². The van der Waals surface area contributed by atoms with Crippen LogP contribution in [0.1, 0.15) is 24.0 Å². The molecule has 1 saturated heterocycles. The van der Waals surface area contributed by atoms with Gasteiger partial charge in [0.15, 0.2) is 0 Å². The molecule has 4 rings (SSSR count). The number of nitrogens with zero attached hydrogens (tertiary/aromatic N) is 4. The molecule has 0 aromatic heterocycles. The summed E-state index contributed by atoms with van der Waals surface area (Å²) in [5, 5.41) is 10.2. The monoisotopic (exact) mass is 583 g/mol. The Kier molecular flexibility index (Phi) is 8.46. The summed E-state index contributed by atoms with van der Waals surface area (Å²) in [4.78, 5) is 42.1. The minimum atomic E-state index is -4.83. The predicted molar refractivity (Wildman–Crippen MR) is 145 cm³/mol. The van der Waals surface area contributed by atoms with E-state index in [2.05, 4.69) is 0 Å². The van der Waals surface area contributed by atoms with Gasteiger partial charge in [0.05, 0.1) is 42.9 Å². The van der Waals surface area contributed by atoms with Crippen molar-refractivity contribution in [1.29, 1.82) is 5.26 Å². The summed E-state index contributed by atoms with van der Waals surface area (Å²) in [6.45, 7) is 2.24. The minimum absolute atomic E-state index is 0.131. The van der Waals surface area contributed by atoms with Crippen molar-refractivity contribution in [2.24, 2.45) is 5.73 Å². The highest BCUT2D eigenvalue weighted by molar-refractivity contribution is 6.06. The van der Waals surface area contributed by atoms with E-state index >= 15 is 0 Å². The summed E-state index contributed by atoms with van der Waals surface area (Å²) < 4.78 is 53.3. The molecule has 0 bridgehead atoms. The first kappa shape index (κ1) is 30.0. The molecule has 2 N–H and O–H groups in total. The number of carbonyl (C=O) groups is 3. The molecule has 0 saturated carbocycles. The molecule has 0 spiro atoms. The van der Waals surface area contributed by atoms with Gasteiger partial charge in [0, 0.05) is 44.5 Å². The first-order chi connectivity index (χ1) is 19.9. The van der Waals surface area contributed by atoms with Crippen LogP contribution in [0.15, 0.2) is 71.2 Å². The second-order valence-electron chi connectivity index (χ2n) is 9.53. The Morgan fingerprint density at radius 3 is 2.12 bits per heavy atom. The number of halogens is 3. The van der Waals surface area contributed by atoms with Gasteiger partial charge in [0.1, 0.15) is 11.5 Å². The van der Waals surface area contributed by atoms with Gasteiger partial charge >= 0.3 is 18.1 Å². The van der Waals surface area contributed by atoms with Gasteiger partial charge < -0.3 is 25.0 Å². The molecular weight excluding hydrogens is 555 g/mol. The number of alkyl halides is 3. The second kappa shape index (κ2) is 11.9. The smallest absolute Gasteiger partial charge is 0.418 e. The Morgan fingerprint density at radius 2 is 1.60 bits per heavy atom. The summed E-state index contributed by atoms with van der Waals surface area (Å²) in [6, 6.07) is 13.6. The Balaban J connectivity index is 1.94. The fourth-order valence-corrected chi connectivity index (χ4v) is 5.21. The third-order valence-corrected chi connectivity index (χ3v) is 7.22. The number of methoxy groups -OCH3 is 2. The van der Waals surface area contributed by atoms with Gasteiger partial charge in [-0.25, -0.2) is 9.59 Å². The first-order valence-electron chi connectivity index (χ1n) is 12.8. The van der Waals surface area contributed by atoms with Crippen LogP contribution in [-0.2, 0) is 30.0 Å². The van der Waals surface area contributed by atoms with Gasteiger partial charge in [-0.2, -0.15) is 18.4 Å². The van der Waals surface area contributed by atoms with Crippen LogP contribution in [0.2, 0.25) is 0 Å². The largest absolute Gasteiger partial charge is 0.466 e. The lowest BCUT2D eigenvalue weighted by atomic mass is 9.81. The van der Waals surface area contributed by atoms with Crippen molar-refractivity contribution in [2.75, 3.05) is 50.2 Å². The molecule has 2 aromatic carbocycles. The van der Waals surface area contributed by atoms with Crippen LogP contribution in [0.25, 0.3) is 0 Å². The van der Waals surface area contributed by atoms with Crippen LogP contribution in [0.3, 0.4) is 0 Å². The van der Waals surface area contributed by atoms with Crippen molar-refractivity contribution in [3.8, 4) is 6.07 Å². The highest BCUT2D eigenvalue weighted by Gasteiger charge is 2.44. The molecule has 13 heteroatoms. The van der Waals surface area contributed by atoms with Crippen molar-refractivity contribution in [3.05, 3.63) is 82.3 Å². The summed E-state index contributed by atoms with van der Waals surface area (Å²) in [5.74, 6) is -3.75. The number of nitriles is 1. The summed E-state index contributed by atoms with van der Waals surface area (Å²) in [7, 11) is 2.12. The van der Waals surface area contributed by atoms with E-state index in [9.17, 15) is 32.8 Å². The molecule has 1 fully saturated rings. The van der Waals surface area contributed by atoms with Crippen LogP contribution in [0.5, 0.6) is 0 Å². The van der Waals surface area contributed by atoms with Crippen molar-refractivity contribution in [2.45, 2.75) is 19.0 Å². The number of esters is 2. The van der Waals surface area contributed by atoms with Gasteiger partial charge in [0.25, 0.3) is 0 Å². The summed E-state index contributed by atoms with van der Waals surface area (Å²) in [5.41, 5.74) is 4.48. The SMILES string of the molecule is COC(=O)C1=C(C(=O)OC)N(c2ccc(N3CCN(C(C)=O)CC3)c(C(F)(F)F)c2)C(N)=C(C#N)C1c1ccccc1. The quantitative estimate of drug-likeness (QED) is 0.528. The number of benzene rings is 2. The molecule has 0 aliphatic carbocycles. The normalized spacial score (nSPS) is 17.6. The van der Waals surface area contributed by atoms with Crippen LogP contribution >= 0.6 is 0 Å². The molecule has 220 valence electrons. The van der Waals surface area contributed by atoms with E-state index in [4.69, 9.17) is 15.2 Å².